The summed E-state index contributed by atoms with van der Waals surface area (Å²) < 4.78 is 27.4. The summed E-state index contributed by atoms with van der Waals surface area (Å²) in [7, 11) is -1.73. The number of sulfonamides is 1. The van der Waals surface area contributed by atoms with Crippen LogP contribution in [0.4, 0.5) is 5.69 Å². The van der Waals surface area contributed by atoms with Crippen LogP contribution in [0.3, 0.4) is 0 Å². The summed E-state index contributed by atoms with van der Waals surface area (Å²) in [6, 6.07) is 8.96. The van der Waals surface area contributed by atoms with E-state index in [-0.39, 0.29) is 0 Å². The molecule has 0 fully saturated rings. The van der Waals surface area contributed by atoms with Crippen molar-refractivity contribution in [2.45, 2.75) is 16.3 Å². The molecular weight excluding hydrogens is 312 g/mol. The Morgan fingerprint density at radius 2 is 1.90 bits per heavy atom. The highest BCUT2D eigenvalue weighted by atomic mass is 32.2. The van der Waals surface area contributed by atoms with Crippen molar-refractivity contribution in [3.63, 3.8) is 0 Å². The van der Waals surface area contributed by atoms with Crippen molar-refractivity contribution in [2.24, 2.45) is 0 Å². The standard InChI is InChI=1S/C13H16N2O2S3/c1-14-9-12-13(7-8-19-12)20(16,17)15-10-3-5-11(18-2)6-4-10/h3-8,14-15H,9H2,1-2H3. The second-order valence-corrected chi connectivity index (χ2v) is 7.60. The number of benzene rings is 1. The zero-order valence-electron chi connectivity index (χ0n) is 11.2. The van der Waals surface area contributed by atoms with Gasteiger partial charge in [0.25, 0.3) is 10.0 Å². The van der Waals surface area contributed by atoms with E-state index in [1.165, 1.54) is 11.3 Å². The van der Waals surface area contributed by atoms with E-state index in [1.54, 1.807) is 42.4 Å². The van der Waals surface area contributed by atoms with E-state index in [1.807, 2.05) is 18.4 Å². The lowest BCUT2D eigenvalue weighted by Gasteiger charge is -2.09. The number of hydrogen-bond donors (Lipinski definition) is 2. The minimum Gasteiger partial charge on any atom is -0.315 e. The fourth-order valence-electron chi connectivity index (χ4n) is 1.73. The van der Waals surface area contributed by atoms with Gasteiger partial charge in [-0.15, -0.1) is 23.1 Å². The molecule has 1 aromatic heterocycles. The fourth-order valence-corrected chi connectivity index (χ4v) is 4.65. The molecule has 0 unspecified atom stereocenters. The molecule has 0 amide bonds. The molecule has 0 aliphatic heterocycles. The Hall–Kier alpha value is -1.02. The van der Waals surface area contributed by atoms with E-state index in [2.05, 4.69) is 10.0 Å². The number of nitrogens with one attached hydrogen (secondary N) is 2. The van der Waals surface area contributed by atoms with Crippen molar-refractivity contribution in [1.82, 2.24) is 5.32 Å². The van der Waals surface area contributed by atoms with Gasteiger partial charge >= 0.3 is 0 Å². The Kier molecular flexibility index (Phi) is 5.09. The van der Waals surface area contributed by atoms with Gasteiger partial charge < -0.3 is 5.32 Å². The SMILES string of the molecule is CNCc1sccc1S(=O)(=O)Nc1ccc(SC)cc1. The summed E-state index contributed by atoms with van der Waals surface area (Å²) in [6.07, 6.45) is 1.98. The van der Waals surface area contributed by atoms with Crippen LogP contribution in [-0.4, -0.2) is 21.7 Å². The van der Waals surface area contributed by atoms with Gasteiger partial charge in [0.15, 0.2) is 0 Å². The largest absolute Gasteiger partial charge is 0.315 e. The van der Waals surface area contributed by atoms with Crippen molar-refractivity contribution >= 4 is 38.8 Å². The summed E-state index contributed by atoms with van der Waals surface area (Å²) in [5.41, 5.74) is 0.574. The van der Waals surface area contributed by atoms with Crippen LogP contribution in [0.5, 0.6) is 0 Å². The summed E-state index contributed by atoms with van der Waals surface area (Å²) in [4.78, 5) is 2.24. The highest BCUT2D eigenvalue weighted by Gasteiger charge is 2.19. The monoisotopic (exact) mass is 328 g/mol. The van der Waals surface area contributed by atoms with Crippen LogP contribution in [0, 0.1) is 0 Å². The summed E-state index contributed by atoms with van der Waals surface area (Å²) in [6.45, 7) is 0.541. The van der Waals surface area contributed by atoms with Gasteiger partial charge in [-0.3, -0.25) is 4.72 Å². The van der Waals surface area contributed by atoms with Gasteiger partial charge in [0.2, 0.25) is 0 Å². The Morgan fingerprint density at radius 3 is 2.50 bits per heavy atom. The molecule has 2 aromatic rings. The van der Waals surface area contributed by atoms with E-state index >= 15 is 0 Å². The predicted molar refractivity (Wildman–Crippen MR) is 86.1 cm³/mol. The van der Waals surface area contributed by atoms with E-state index in [0.717, 1.165) is 9.77 Å². The highest BCUT2D eigenvalue weighted by Crippen LogP contribution is 2.25. The molecule has 0 aliphatic rings. The van der Waals surface area contributed by atoms with Gasteiger partial charge in [0.05, 0.1) is 0 Å². The van der Waals surface area contributed by atoms with Gasteiger partial charge in [-0.2, -0.15) is 0 Å². The smallest absolute Gasteiger partial charge is 0.263 e. The average Bonchev–Trinajstić information content (AvgIpc) is 2.89. The molecule has 2 N–H and O–H groups in total. The average molecular weight is 328 g/mol. The minimum absolute atomic E-state index is 0.339. The Bertz CT molecular complexity index is 663. The normalized spacial score (nSPS) is 11.5. The molecule has 0 bridgehead atoms. The number of thiophene rings is 1. The van der Waals surface area contributed by atoms with Crippen LogP contribution < -0.4 is 10.0 Å². The first kappa shape index (κ1) is 15.4. The molecule has 4 nitrogen and oxygen atoms in total. The molecular formula is C13H16N2O2S3. The Morgan fingerprint density at radius 1 is 1.20 bits per heavy atom. The fraction of sp³-hybridized carbons (Fsp3) is 0.231. The predicted octanol–water partition coefficient (Wildman–Crippen LogP) is 2.99. The third kappa shape index (κ3) is 3.54. The van der Waals surface area contributed by atoms with Crippen molar-refractivity contribution in [3.8, 4) is 0 Å². The number of thioether (sulfide) groups is 1. The first-order valence-corrected chi connectivity index (χ1v) is 9.53. The number of hydrogen-bond acceptors (Lipinski definition) is 5. The zero-order valence-corrected chi connectivity index (χ0v) is 13.7. The van der Waals surface area contributed by atoms with Gasteiger partial charge in [-0.25, -0.2) is 8.42 Å². The van der Waals surface area contributed by atoms with Crippen LogP contribution in [-0.2, 0) is 16.6 Å². The van der Waals surface area contributed by atoms with E-state index < -0.39 is 10.0 Å². The summed E-state index contributed by atoms with van der Waals surface area (Å²) in [5, 5.41) is 4.77. The lowest BCUT2D eigenvalue weighted by Crippen LogP contribution is -2.15. The first-order chi connectivity index (χ1) is 9.56. The lowest BCUT2D eigenvalue weighted by molar-refractivity contribution is 0.600. The summed E-state index contributed by atoms with van der Waals surface area (Å²) in [5.74, 6) is 0. The van der Waals surface area contributed by atoms with Crippen LogP contribution in [0.1, 0.15) is 4.88 Å². The molecule has 0 aliphatic carbocycles. The van der Waals surface area contributed by atoms with E-state index in [4.69, 9.17) is 0 Å². The third-order valence-corrected chi connectivity index (χ3v) is 5.93. The van der Waals surface area contributed by atoms with Crippen molar-refractivity contribution in [2.75, 3.05) is 18.0 Å². The lowest BCUT2D eigenvalue weighted by atomic mass is 10.3. The zero-order chi connectivity index (χ0) is 14.6. The van der Waals surface area contributed by atoms with Gasteiger partial charge in [-0.05, 0) is 49.0 Å². The Balaban J connectivity index is 2.23. The maximum absolute atomic E-state index is 12.4. The van der Waals surface area contributed by atoms with Gasteiger partial charge in [-0.1, -0.05) is 0 Å². The molecule has 20 heavy (non-hydrogen) atoms. The summed E-state index contributed by atoms with van der Waals surface area (Å²) >= 11 is 3.05. The first-order valence-electron chi connectivity index (χ1n) is 5.94. The Labute approximate surface area is 127 Å². The molecule has 0 saturated carbocycles. The number of anilines is 1. The third-order valence-electron chi connectivity index (χ3n) is 2.67. The van der Waals surface area contributed by atoms with E-state index in [9.17, 15) is 8.42 Å². The minimum atomic E-state index is -3.53. The molecule has 1 heterocycles. The van der Waals surface area contributed by atoms with Gasteiger partial charge in [0.1, 0.15) is 4.90 Å². The molecule has 0 spiro atoms. The quantitative estimate of drug-likeness (QED) is 0.801. The van der Waals surface area contributed by atoms with Crippen molar-refractivity contribution < 1.29 is 8.42 Å². The van der Waals surface area contributed by atoms with Crippen molar-refractivity contribution in [1.29, 1.82) is 0 Å². The second kappa shape index (κ2) is 6.62. The van der Waals surface area contributed by atoms with Crippen LogP contribution in [0.25, 0.3) is 0 Å². The molecule has 1 aromatic carbocycles. The van der Waals surface area contributed by atoms with Crippen LogP contribution in [0.2, 0.25) is 0 Å². The maximum Gasteiger partial charge on any atom is 0.263 e. The highest BCUT2D eigenvalue weighted by molar-refractivity contribution is 7.98. The maximum atomic E-state index is 12.4. The topological polar surface area (TPSA) is 58.2 Å². The van der Waals surface area contributed by atoms with Gasteiger partial charge in [0, 0.05) is 22.0 Å². The second-order valence-electron chi connectivity index (χ2n) is 4.07. The molecule has 0 radical (unpaired) electrons. The van der Waals surface area contributed by atoms with E-state index in [0.29, 0.717) is 17.1 Å². The van der Waals surface area contributed by atoms with Crippen LogP contribution >= 0.6 is 23.1 Å². The molecule has 7 heteroatoms. The number of rotatable bonds is 6. The molecule has 108 valence electrons. The van der Waals surface area contributed by atoms with Crippen LogP contribution in [0.15, 0.2) is 45.5 Å². The molecule has 2 rings (SSSR count). The molecule has 0 saturated heterocycles. The van der Waals surface area contributed by atoms with Crippen molar-refractivity contribution in [3.05, 3.63) is 40.6 Å². The molecule has 0 atom stereocenters.